The van der Waals surface area contributed by atoms with E-state index < -0.39 is 37.1 Å². The number of ether oxygens (including phenoxy) is 1. The van der Waals surface area contributed by atoms with Crippen LogP contribution in [0.1, 0.15) is 22.1 Å². The van der Waals surface area contributed by atoms with Gasteiger partial charge in [0, 0.05) is 6.54 Å². The molecule has 11 nitrogen and oxygen atoms in total. The van der Waals surface area contributed by atoms with E-state index in [1.807, 2.05) is 0 Å². The maximum absolute atomic E-state index is 11.0. The number of rotatable bonds is 6. The molecule has 0 aliphatic carbocycles. The molecule has 3 heterocycles. The standard InChI is InChI=1S/C18H18ClN5O6/c19-18-22-14(20-5-8-1-3-9(4-2-8)17(28)29)11-15(23-18)24(7-21-11)16-13(27)12(26)10(6-25)30-16/h1-4,7,10,12-13,16,25-27H,5-6H2,(H,28,29)(H,20,22,23)/t10-,12?,13?,16-/m1/s1. The summed E-state index contributed by atoms with van der Waals surface area (Å²) >= 11 is 6.06. The zero-order valence-corrected chi connectivity index (χ0v) is 16.1. The minimum Gasteiger partial charge on any atom is -0.478 e. The zero-order chi connectivity index (χ0) is 21.4. The van der Waals surface area contributed by atoms with Crippen molar-refractivity contribution in [3.8, 4) is 0 Å². The smallest absolute Gasteiger partial charge is 0.335 e. The van der Waals surface area contributed by atoms with E-state index in [9.17, 15) is 20.1 Å². The minimum absolute atomic E-state index is 0.0697. The second-order valence-corrected chi connectivity index (χ2v) is 7.09. The Bertz CT molecular complexity index is 1070. The van der Waals surface area contributed by atoms with E-state index in [2.05, 4.69) is 20.3 Å². The van der Waals surface area contributed by atoms with E-state index in [0.717, 1.165) is 5.56 Å². The van der Waals surface area contributed by atoms with Crippen LogP contribution < -0.4 is 5.32 Å². The van der Waals surface area contributed by atoms with E-state index in [-0.39, 0.29) is 16.5 Å². The van der Waals surface area contributed by atoms with Gasteiger partial charge in [0.25, 0.3) is 0 Å². The Morgan fingerprint density at radius 1 is 1.20 bits per heavy atom. The number of benzene rings is 1. The number of nitrogens with one attached hydrogen (secondary N) is 1. The predicted molar refractivity (Wildman–Crippen MR) is 104 cm³/mol. The van der Waals surface area contributed by atoms with Crippen molar-refractivity contribution in [1.82, 2.24) is 19.5 Å². The number of aliphatic hydroxyl groups excluding tert-OH is 3. The number of carboxylic acids is 1. The molecule has 4 rings (SSSR count). The van der Waals surface area contributed by atoms with Gasteiger partial charge in [0.05, 0.1) is 18.5 Å². The number of hydrogen-bond acceptors (Lipinski definition) is 9. The molecule has 1 fully saturated rings. The van der Waals surface area contributed by atoms with Crippen LogP contribution in [0, 0.1) is 0 Å². The molecular weight excluding hydrogens is 418 g/mol. The summed E-state index contributed by atoms with van der Waals surface area (Å²) in [5.41, 5.74) is 1.63. The summed E-state index contributed by atoms with van der Waals surface area (Å²) in [7, 11) is 0. The van der Waals surface area contributed by atoms with Crippen LogP contribution in [0.3, 0.4) is 0 Å². The Labute approximate surface area is 174 Å². The first-order valence-corrected chi connectivity index (χ1v) is 9.35. The number of carboxylic acid groups (broad SMARTS) is 1. The van der Waals surface area contributed by atoms with Crippen molar-refractivity contribution >= 4 is 34.6 Å². The lowest BCUT2D eigenvalue weighted by Gasteiger charge is -2.16. The number of halogens is 1. The van der Waals surface area contributed by atoms with E-state index in [1.165, 1.54) is 23.0 Å². The Morgan fingerprint density at radius 2 is 1.93 bits per heavy atom. The summed E-state index contributed by atoms with van der Waals surface area (Å²) < 4.78 is 6.94. The summed E-state index contributed by atoms with van der Waals surface area (Å²) in [4.78, 5) is 23.5. The minimum atomic E-state index is -1.29. The quantitative estimate of drug-likeness (QED) is 0.342. The highest BCUT2D eigenvalue weighted by Gasteiger charge is 2.44. The van der Waals surface area contributed by atoms with Crippen LogP contribution in [-0.4, -0.2) is 70.8 Å². The fourth-order valence-corrected chi connectivity index (χ4v) is 3.42. The first-order chi connectivity index (χ1) is 14.4. The molecule has 5 N–H and O–H groups in total. The molecule has 1 aromatic carbocycles. The van der Waals surface area contributed by atoms with Crippen LogP contribution in [0.15, 0.2) is 30.6 Å². The molecule has 1 aliphatic heterocycles. The molecule has 30 heavy (non-hydrogen) atoms. The first kappa shape index (κ1) is 20.4. The number of aliphatic hydroxyl groups is 3. The molecule has 0 spiro atoms. The van der Waals surface area contributed by atoms with Crippen LogP contribution in [-0.2, 0) is 11.3 Å². The molecular formula is C18H18ClN5O6. The summed E-state index contributed by atoms with van der Waals surface area (Å²) in [5, 5.41) is 41.5. The lowest BCUT2D eigenvalue weighted by Crippen LogP contribution is -2.33. The third-order valence-electron chi connectivity index (χ3n) is 4.85. The average Bonchev–Trinajstić information content (AvgIpc) is 3.27. The largest absolute Gasteiger partial charge is 0.478 e. The molecule has 0 amide bonds. The lowest BCUT2D eigenvalue weighted by molar-refractivity contribution is -0.0511. The number of aromatic carboxylic acids is 1. The van der Waals surface area contributed by atoms with Crippen LogP contribution in [0.2, 0.25) is 5.28 Å². The summed E-state index contributed by atoms with van der Waals surface area (Å²) in [6.07, 6.45) is -3.13. The van der Waals surface area contributed by atoms with Crippen molar-refractivity contribution in [2.45, 2.75) is 31.1 Å². The van der Waals surface area contributed by atoms with E-state index in [0.29, 0.717) is 17.9 Å². The first-order valence-electron chi connectivity index (χ1n) is 8.97. The van der Waals surface area contributed by atoms with Gasteiger partial charge < -0.3 is 30.5 Å². The van der Waals surface area contributed by atoms with Gasteiger partial charge in [-0.2, -0.15) is 9.97 Å². The van der Waals surface area contributed by atoms with Gasteiger partial charge in [0.2, 0.25) is 5.28 Å². The van der Waals surface area contributed by atoms with Crippen molar-refractivity contribution in [2.24, 2.45) is 0 Å². The summed E-state index contributed by atoms with van der Waals surface area (Å²) in [6, 6.07) is 6.35. The van der Waals surface area contributed by atoms with Gasteiger partial charge in [-0.3, -0.25) is 4.57 Å². The topological polar surface area (TPSA) is 163 Å². The summed E-state index contributed by atoms with van der Waals surface area (Å²) in [5.74, 6) is -0.674. The highest BCUT2D eigenvalue weighted by molar-refractivity contribution is 6.28. The van der Waals surface area contributed by atoms with Gasteiger partial charge in [-0.15, -0.1) is 0 Å². The molecule has 158 valence electrons. The van der Waals surface area contributed by atoms with Gasteiger partial charge in [-0.1, -0.05) is 12.1 Å². The molecule has 3 aromatic rings. The number of nitrogens with zero attached hydrogens (tertiary/aromatic N) is 4. The molecule has 1 aliphatic rings. The number of fused-ring (bicyclic) bond motifs is 1. The average molecular weight is 436 g/mol. The number of hydrogen-bond donors (Lipinski definition) is 5. The van der Waals surface area contributed by atoms with Crippen molar-refractivity contribution < 1.29 is 30.0 Å². The van der Waals surface area contributed by atoms with E-state index in [1.54, 1.807) is 12.1 Å². The fraction of sp³-hybridized carbons (Fsp3) is 0.333. The van der Waals surface area contributed by atoms with Crippen LogP contribution in [0.4, 0.5) is 5.82 Å². The normalized spacial score (nSPS) is 23.7. The van der Waals surface area contributed by atoms with Crippen molar-refractivity contribution in [1.29, 1.82) is 0 Å². The number of aromatic nitrogens is 4. The van der Waals surface area contributed by atoms with E-state index >= 15 is 0 Å². The molecule has 1 saturated heterocycles. The number of imidazole rings is 1. The number of carbonyl (C=O) groups is 1. The fourth-order valence-electron chi connectivity index (χ4n) is 3.26. The van der Waals surface area contributed by atoms with Crippen LogP contribution >= 0.6 is 11.6 Å². The maximum Gasteiger partial charge on any atom is 0.335 e. The van der Waals surface area contributed by atoms with Crippen LogP contribution in [0.5, 0.6) is 0 Å². The molecule has 0 saturated carbocycles. The third-order valence-corrected chi connectivity index (χ3v) is 5.02. The Kier molecular flexibility index (Phi) is 5.54. The predicted octanol–water partition coefficient (Wildman–Crippen LogP) is 0.401. The van der Waals surface area contributed by atoms with Gasteiger partial charge >= 0.3 is 5.97 Å². The third kappa shape index (κ3) is 3.68. The monoisotopic (exact) mass is 435 g/mol. The molecule has 4 atom stereocenters. The lowest BCUT2D eigenvalue weighted by atomic mass is 10.1. The highest BCUT2D eigenvalue weighted by atomic mass is 35.5. The SMILES string of the molecule is O=C(O)c1ccc(CNc2nc(Cl)nc3c2ncn3[C@@H]2O[C@H](CO)C(O)C2O)cc1. The second kappa shape index (κ2) is 8.13. The van der Waals surface area contributed by atoms with Gasteiger partial charge in [0.15, 0.2) is 23.2 Å². The van der Waals surface area contributed by atoms with Crippen LogP contribution in [0.25, 0.3) is 11.2 Å². The Hall–Kier alpha value is -2.83. The summed E-state index contributed by atoms with van der Waals surface area (Å²) in [6.45, 7) is -0.131. The van der Waals surface area contributed by atoms with Crippen molar-refractivity contribution in [3.05, 3.63) is 47.0 Å². The molecule has 0 bridgehead atoms. The van der Waals surface area contributed by atoms with Gasteiger partial charge in [-0.05, 0) is 29.3 Å². The molecule has 0 radical (unpaired) electrons. The van der Waals surface area contributed by atoms with Gasteiger partial charge in [0.1, 0.15) is 18.3 Å². The number of anilines is 1. The maximum atomic E-state index is 11.0. The zero-order valence-electron chi connectivity index (χ0n) is 15.4. The van der Waals surface area contributed by atoms with Crippen molar-refractivity contribution in [2.75, 3.05) is 11.9 Å². The Balaban J connectivity index is 1.60. The molecule has 12 heteroatoms. The highest BCUT2D eigenvalue weighted by Crippen LogP contribution is 2.32. The van der Waals surface area contributed by atoms with E-state index in [4.69, 9.17) is 21.4 Å². The molecule has 2 unspecified atom stereocenters. The molecule has 2 aromatic heterocycles. The Morgan fingerprint density at radius 3 is 2.57 bits per heavy atom. The van der Waals surface area contributed by atoms with Crippen molar-refractivity contribution in [3.63, 3.8) is 0 Å². The second-order valence-electron chi connectivity index (χ2n) is 6.75. The van der Waals surface area contributed by atoms with Gasteiger partial charge in [-0.25, -0.2) is 9.78 Å².